The molecule has 1 atom stereocenters. The number of hydrogen-bond acceptors (Lipinski definition) is 1. The van der Waals surface area contributed by atoms with Crippen molar-refractivity contribution in [3.63, 3.8) is 0 Å². The van der Waals surface area contributed by atoms with E-state index in [2.05, 4.69) is 56.1 Å². The monoisotopic (exact) mass is 261 g/mol. The van der Waals surface area contributed by atoms with Gasteiger partial charge in [0.15, 0.2) is 0 Å². The molecule has 18 heavy (non-hydrogen) atoms. The van der Waals surface area contributed by atoms with Crippen LogP contribution < -0.4 is 10.5 Å². The molecule has 1 aliphatic rings. The fourth-order valence-electron chi connectivity index (χ4n) is 2.35. The van der Waals surface area contributed by atoms with Crippen LogP contribution in [0.5, 0.6) is 0 Å². The molecule has 0 amide bonds. The van der Waals surface area contributed by atoms with E-state index in [1.54, 1.807) is 5.19 Å². The zero-order valence-electron chi connectivity index (χ0n) is 12.3. The molecule has 1 aliphatic carbocycles. The van der Waals surface area contributed by atoms with E-state index < -0.39 is 8.07 Å². The van der Waals surface area contributed by atoms with Crippen molar-refractivity contribution in [1.82, 2.24) is 5.32 Å². The van der Waals surface area contributed by atoms with E-state index >= 15 is 0 Å². The molecule has 0 saturated heterocycles. The van der Waals surface area contributed by atoms with Crippen molar-refractivity contribution >= 4 is 13.3 Å². The van der Waals surface area contributed by atoms with Gasteiger partial charge in [0, 0.05) is 12.6 Å². The maximum Gasteiger partial charge on any atom is 0.0775 e. The van der Waals surface area contributed by atoms with E-state index in [-0.39, 0.29) is 0 Å². The molecule has 0 spiro atoms. The van der Waals surface area contributed by atoms with E-state index in [0.717, 1.165) is 12.5 Å². The highest BCUT2D eigenvalue weighted by molar-refractivity contribution is 6.88. The minimum atomic E-state index is -1.13. The molecule has 0 heterocycles. The van der Waals surface area contributed by atoms with Gasteiger partial charge in [-0.15, -0.1) is 0 Å². The Hall–Kier alpha value is -0.603. The van der Waals surface area contributed by atoms with Crippen LogP contribution in [0.2, 0.25) is 19.6 Å². The quantitative estimate of drug-likeness (QED) is 0.773. The lowest BCUT2D eigenvalue weighted by atomic mass is 10.1. The normalized spacial score (nSPS) is 17.8. The molecule has 2 rings (SSSR count). The van der Waals surface area contributed by atoms with Crippen LogP contribution in [0.4, 0.5) is 0 Å². The molecule has 0 aromatic heterocycles. The lowest BCUT2D eigenvalue weighted by Crippen LogP contribution is -2.37. The molecule has 2 heteroatoms. The van der Waals surface area contributed by atoms with Gasteiger partial charge in [-0.3, -0.25) is 0 Å². The minimum Gasteiger partial charge on any atom is -0.310 e. The van der Waals surface area contributed by atoms with Crippen molar-refractivity contribution in [3.05, 3.63) is 29.8 Å². The van der Waals surface area contributed by atoms with E-state index in [4.69, 9.17) is 0 Å². The molecule has 0 radical (unpaired) electrons. The summed E-state index contributed by atoms with van der Waals surface area (Å²) in [5.74, 6) is 1.02. The summed E-state index contributed by atoms with van der Waals surface area (Å²) in [6.45, 7) is 10.5. The van der Waals surface area contributed by atoms with Gasteiger partial charge in [-0.25, -0.2) is 0 Å². The van der Waals surface area contributed by atoms with Gasteiger partial charge in [-0.2, -0.15) is 0 Å². The molecule has 1 N–H and O–H groups in total. The van der Waals surface area contributed by atoms with Crippen molar-refractivity contribution in [1.29, 1.82) is 0 Å². The number of hydrogen-bond donors (Lipinski definition) is 1. The first-order valence-electron chi connectivity index (χ1n) is 7.28. The van der Waals surface area contributed by atoms with Crippen LogP contribution in [0.25, 0.3) is 0 Å². The third kappa shape index (κ3) is 4.25. The smallest absolute Gasteiger partial charge is 0.0775 e. The number of benzene rings is 1. The Balaban J connectivity index is 1.82. The Morgan fingerprint density at radius 1 is 1.17 bits per heavy atom. The Morgan fingerprint density at radius 3 is 2.28 bits per heavy atom. The highest BCUT2D eigenvalue weighted by Crippen LogP contribution is 2.33. The first-order chi connectivity index (χ1) is 8.45. The van der Waals surface area contributed by atoms with Gasteiger partial charge in [-0.05, 0) is 24.8 Å². The van der Waals surface area contributed by atoms with Gasteiger partial charge in [0.1, 0.15) is 0 Å². The molecule has 1 aromatic rings. The van der Waals surface area contributed by atoms with Crippen molar-refractivity contribution in [2.24, 2.45) is 5.92 Å². The average molecular weight is 261 g/mol. The second-order valence-corrected chi connectivity index (χ2v) is 12.0. The van der Waals surface area contributed by atoms with E-state index in [1.165, 1.54) is 24.8 Å². The molecule has 0 bridgehead atoms. The molecule has 100 valence electrons. The minimum absolute atomic E-state index is 0.661. The lowest BCUT2D eigenvalue weighted by molar-refractivity contribution is 0.487. The summed E-state index contributed by atoms with van der Waals surface area (Å²) in [4.78, 5) is 0. The van der Waals surface area contributed by atoms with E-state index in [1.807, 2.05) is 0 Å². The Morgan fingerprint density at radius 2 is 1.78 bits per heavy atom. The van der Waals surface area contributed by atoms with Gasteiger partial charge in [0.05, 0.1) is 8.07 Å². The topological polar surface area (TPSA) is 12.0 Å². The lowest BCUT2D eigenvalue weighted by Gasteiger charge is -2.17. The molecule has 1 aromatic carbocycles. The first-order valence-corrected chi connectivity index (χ1v) is 10.8. The fourth-order valence-corrected chi connectivity index (χ4v) is 3.52. The molecule has 1 fully saturated rings. The van der Waals surface area contributed by atoms with Crippen LogP contribution >= 0.6 is 0 Å². The van der Waals surface area contributed by atoms with Gasteiger partial charge < -0.3 is 5.32 Å². The summed E-state index contributed by atoms with van der Waals surface area (Å²) in [6, 6.07) is 9.91. The second-order valence-electron chi connectivity index (χ2n) is 6.91. The van der Waals surface area contributed by atoms with Crippen LogP contribution in [0, 0.1) is 5.92 Å². The van der Waals surface area contributed by atoms with Crippen LogP contribution in [0.1, 0.15) is 31.7 Å². The van der Waals surface area contributed by atoms with Crippen molar-refractivity contribution in [2.75, 3.05) is 0 Å². The SMILES string of the molecule is CC(CC1CC1)NCc1ccc([Si](C)(C)C)cc1. The summed E-state index contributed by atoms with van der Waals surface area (Å²) >= 11 is 0. The van der Waals surface area contributed by atoms with Crippen molar-refractivity contribution < 1.29 is 0 Å². The predicted octanol–water partition coefficient (Wildman–Crippen LogP) is 3.51. The maximum atomic E-state index is 3.64. The van der Waals surface area contributed by atoms with E-state index in [0.29, 0.717) is 6.04 Å². The summed E-state index contributed by atoms with van der Waals surface area (Å²) in [5, 5.41) is 5.19. The Kier molecular flexibility index (Phi) is 4.28. The van der Waals surface area contributed by atoms with Crippen LogP contribution in [-0.4, -0.2) is 14.1 Å². The van der Waals surface area contributed by atoms with Gasteiger partial charge >= 0.3 is 0 Å². The number of rotatable bonds is 6. The highest BCUT2D eigenvalue weighted by atomic mass is 28.3. The van der Waals surface area contributed by atoms with Gasteiger partial charge in [0.2, 0.25) is 0 Å². The third-order valence-corrected chi connectivity index (χ3v) is 5.92. The fraction of sp³-hybridized carbons (Fsp3) is 0.625. The zero-order valence-corrected chi connectivity index (χ0v) is 13.3. The van der Waals surface area contributed by atoms with Gasteiger partial charge in [0.25, 0.3) is 0 Å². The van der Waals surface area contributed by atoms with Gasteiger partial charge in [-0.1, -0.05) is 61.9 Å². The third-order valence-electron chi connectivity index (χ3n) is 3.86. The second kappa shape index (κ2) is 5.58. The standard InChI is InChI=1S/C16H27NSi/c1-13(11-14-5-6-14)17-12-15-7-9-16(10-8-15)18(2,3)4/h7-10,13-14,17H,5-6,11-12H2,1-4H3. The van der Waals surface area contributed by atoms with E-state index in [9.17, 15) is 0 Å². The largest absolute Gasteiger partial charge is 0.310 e. The van der Waals surface area contributed by atoms with Crippen LogP contribution in [0.15, 0.2) is 24.3 Å². The van der Waals surface area contributed by atoms with Crippen LogP contribution in [-0.2, 0) is 6.54 Å². The van der Waals surface area contributed by atoms with Crippen molar-refractivity contribution in [3.8, 4) is 0 Å². The molecule has 1 nitrogen and oxygen atoms in total. The highest BCUT2D eigenvalue weighted by Gasteiger charge is 2.23. The maximum absolute atomic E-state index is 3.64. The molecular formula is C16H27NSi. The molecule has 0 aliphatic heterocycles. The average Bonchev–Trinajstić information content (AvgIpc) is 3.10. The van der Waals surface area contributed by atoms with Crippen molar-refractivity contribution in [2.45, 2.75) is 58.4 Å². The summed E-state index contributed by atoms with van der Waals surface area (Å²) < 4.78 is 0. The van der Waals surface area contributed by atoms with Crippen LogP contribution in [0.3, 0.4) is 0 Å². The Bertz CT molecular complexity index is 373. The Labute approximate surface area is 113 Å². The molecule has 1 saturated carbocycles. The summed E-state index contributed by atoms with van der Waals surface area (Å²) in [7, 11) is -1.13. The summed E-state index contributed by atoms with van der Waals surface area (Å²) in [5.41, 5.74) is 1.42. The first kappa shape index (κ1) is 13.8. The predicted molar refractivity (Wildman–Crippen MR) is 83.1 cm³/mol. The zero-order chi connectivity index (χ0) is 13.2. The summed E-state index contributed by atoms with van der Waals surface area (Å²) in [6.07, 6.45) is 4.26. The molecule has 1 unspecified atom stereocenters. The number of nitrogens with one attached hydrogen (secondary N) is 1. The molecular weight excluding hydrogens is 234 g/mol.